The normalized spacial score (nSPS) is 14.2. The zero-order valence-corrected chi connectivity index (χ0v) is 24.4. The molecule has 0 bridgehead atoms. The summed E-state index contributed by atoms with van der Waals surface area (Å²) in [7, 11) is 0. The van der Waals surface area contributed by atoms with E-state index < -0.39 is 5.92 Å². The number of thiazole rings is 2. The first kappa shape index (κ1) is 27.9. The van der Waals surface area contributed by atoms with Gasteiger partial charge in [0, 0.05) is 25.8 Å². The fourth-order valence-corrected chi connectivity index (χ4v) is 6.26. The quantitative estimate of drug-likeness (QED) is 0.209. The first-order valence-corrected chi connectivity index (χ1v) is 15.3. The van der Waals surface area contributed by atoms with Crippen LogP contribution in [0, 0.1) is 11.3 Å². The second-order valence-corrected chi connectivity index (χ2v) is 11.6. The summed E-state index contributed by atoms with van der Waals surface area (Å²) in [4.78, 5) is 19.9. The third kappa shape index (κ3) is 6.95. The van der Waals surface area contributed by atoms with Crippen LogP contribution in [0.15, 0.2) is 90.6 Å². The van der Waals surface area contributed by atoms with Gasteiger partial charge in [0.2, 0.25) is 0 Å². The molecule has 7 rings (SSSR count). The zero-order valence-electron chi connectivity index (χ0n) is 22.8. The van der Waals surface area contributed by atoms with Crippen LogP contribution in [-0.4, -0.2) is 51.1 Å². The van der Waals surface area contributed by atoms with Gasteiger partial charge in [0.05, 0.1) is 50.9 Å². The van der Waals surface area contributed by atoms with Gasteiger partial charge in [-0.15, -0.1) is 22.7 Å². The molecule has 6 aromatic rings. The summed E-state index contributed by atoms with van der Waals surface area (Å²) >= 11 is 3.19. The van der Waals surface area contributed by atoms with Crippen molar-refractivity contribution in [3.05, 3.63) is 112 Å². The highest BCUT2D eigenvalue weighted by molar-refractivity contribution is 7.18. The van der Waals surface area contributed by atoms with Crippen molar-refractivity contribution in [3.8, 4) is 12.1 Å². The minimum absolute atomic E-state index is 0.256. The van der Waals surface area contributed by atoms with Crippen LogP contribution in [0.4, 0.5) is 0 Å². The van der Waals surface area contributed by atoms with E-state index in [1.165, 1.54) is 21.6 Å². The Labute approximate surface area is 251 Å². The van der Waals surface area contributed by atoms with Gasteiger partial charge in [0.25, 0.3) is 0 Å². The van der Waals surface area contributed by atoms with Crippen molar-refractivity contribution in [3.63, 3.8) is 0 Å². The zero-order chi connectivity index (χ0) is 28.6. The van der Waals surface area contributed by atoms with Gasteiger partial charge in [-0.25, -0.2) is 15.0 Å². The van der Waals surface area contributed by atoms with Crippen LogP contribution < -0.4 is 4.74 Å². The topological polar surface area (TPSA) is 97.0 Å². The van der Waals surface area contributed by atoms with Crippen LogP contribution in [0.5, 0.6) is 6.01 Å². The number of nitriles is 1. The molecule has 1 aliphatic heterocycles. The van der Waals surface area contributed by atoms with Gasteiger partial charge in [-0.3, -0.25) is 4.90 Å². The van der Waals surface area contributed by atoms with Gasteiger partial charge in [0.15, 0.2) is 0 Å². The molecule has 0 aliphatic carbocycles. The third-order valence-electron chi connectivity index (χ3n) is 6.77. The lowest BCUT2D eigenvalue weighted by Gasteiger charge is -2.26. The lowest BCUT2D eigenvalue weighted by Crippen LogP contribution is -2.35. The first-order valence-electron chi connectivity index (χ1n) is 13.6. The predicted molar refractivity (Wildman–Crippen MR) is 166 cm³/mol. The lowest BCUT2D eigenvalue weighted by molar-refractivity contribution is 0.0342. The summed E-state index contributed by atoms with van der Waals surface area (Å²) in [6.45, 7) is 4.84. The predicted octanol–water partition coefficient (Wildman–Crippen LogP) is 6.45. The van der Waals surface area contributed by atoms with Gasteiger partial charge in [0.1, 0.15) is 17.5 Å². The second-order valence-electron chi connectivity index (χ2n) is 9.66. The molecule has 1 unspecified atom stereocenters. The Balaban J connectivity index is 0.000000296. The summed E-state index contributed by atoms with van der Waals surface area (Å²) in [5.41, 5.74) is 6.75. The molecular weight excluding hydrogens is 565 g/mol. The first-order chi connectivity index (χ1) is 20.7. The SMILES string of the molecule is N#CC(c1ccnc(OCc2ccc(CN3CCOCC3)cc2)n1)c1nc2ccccc2s1.c1ccc2scnc2c1. The summed E-state index contributed by atoms with van der Waals surface area (Å²) in [6.07, 6.45) is 1.63. The van der Waals surface area contributed by atoms with Gasteiger partial charge in [-0.05, 0) is 41.5 Å². The monoisotopic (exact) mass is 592 g/mol. The highest BCUT2D eigenvalue weighted by Crippen LogP contribution is 2.31. The number of hydrogen-bond donors (Lipinski definition) is 0. The molecule has 1 atom stereocenters. The van der Waals surface area contributed by atoms with E-state index in [1.54, 1.807) is 23.6 Å². The average molecular weight is 593 g/mol. The minimum atomic E-state index is -0.563. The summed E-state index contributed by atoms with van der Waals surface area (Å²) in [5.74, 6) is -0.563. The number of morpholine rings is 1. The van der Waals surface area contributed by atoms with Gasteiger partial charge >= 0.3 is 6.01 Å². The second kappa shape index (κ2) is 13.6. The van der Waals surface area contributed by atoms with E-state index in [9.17, 15) is 5.26 Å². The Morgan fingerprint density at radius 3 is 2.36 bits per heavy atom. The summed E-state index contributed by atoms with van der Waals surface area (Å²) in [6, 6.07) is 28.7. The standard InChI is InChI=1S/C25H23N5O2S.C7H5NS/c26-15-20(24-28-22-3-1-2-4-23(22)33-24)21-9-10-27-25(29-21)32-17-19-7-5-18(6-8-19)16-30-11-13-31-14-12-30;1-2-4-7-6(3-1)8-5-9-7/h1-10,20H,11-14,16-17H2;1-5H. The molecule has 42 heavy (non-hydrogen) atoms. The van der Waals surface area contributed by atoms with Crippen molar-refractivity contribution in [1.29, 1.82) is 5.26 Å². The maximum atomic E-state index is 9.81. The highest BCUT2D eigenvalue weighted by atomic mass is 32.1. The van der Waals surface area contributed by atoms with E-state index in [0.29, 0.717) is 12.3 Å². The summed E-state index contributed by atoms with van der Waals surface area (Å²) in [5, 5.41) is 10.5. The fraction of sp³-hybridized carbons (Fsp3) is 0.219. The molecule has 0 N–H and O–H groups in total. The van der Waals surface area contributed by atoms with Crippen molar-refractivity contribution in [2.45, 2.75) is 19.1 Å². The molecule has 3 aromatic heterocycles. The van der Waals surface area contributed by atoms with E-state index in [2.05, 4.69) is 61.2 Å². The molecule has 0 radical (unpaired) electrons. The molecule has 210 valence electrons. The Kier molecular flexibility index (Phi) is 9.02. The van der Waals surface area contributed by atoms with Crippen LogP contribution in [-0.2, 0) is 17.9 Å². The minimum Gasteiger partial charge on any atom is -0.459 e. The number of nitrogens with zero attached hydrogens (tertiary/aromatic N) is 6. The fourth-order valence-electron chi connectivity index (χ4n) is 4.56. The number of aromatic nitrogens is 4. The summed E-state index contributed by atoms with van der Waals surface area (Å²) < 4.78 is 13.6. The molecule has 0 spiro atoms. The number of fused-ring (bicyclic) bond motifs is 2. The average Bonchev–Trinajstić information content (AvgIpc) is 3.70. The van der Waals surface area contributed by atoms with Crippen LogP contribution >= 0.6 is 22.7 Å². The van der Waals surface area contributed by atoms with Gasteiger partial charge in [-0.2, -0.15) is 10.2 Å². The molecule has 3 aromatic carbocycles. The number of hydrogen-bond acceptors (Lipinski definition) is 10. The molecule has 4 heterocycles. The van der Waals surface area contributed by atoms with Crippen LogP contribution in [0.3, 0.4) is 0 Å². The molecule has 8 nitrogen and oxygen atoms in total. The molecule has 1 aliphatic rings. The van der Waals surface area contributed by atoms with Crippen molar-refractivity contribution in [2.75, 3.05) is 26.3 Å². The Hall–Kier alpha value is -4.27. The Morgan fingerprint density at radius 1 is 0.857 bits per heavy atom. The van der Waals surface area contributed by atoms with E-state index in [4.69, 9.17) is 9.47 Å². The van der Waals surface area contributed by atoms with Crippen LogP contribution in [0.25, 0.3) is 20.4 Å². The van der Waals surface area contributed by atoms with Gasteiger partial charge in [-0.1, -0.05) is 48.5 Å². The maximum absolute atomic E-state index is 9.81. The van der Waals surface area contributed by atoms with Crippen LogP contribution in [0.2, 0.25) is 0 Å². The number of rotatable bonds is 7. The van der Waals surface area contributed by atoms with Crippen LogP contribution in [0.1, 0.15) is 27.7 Å². The molecule has 1 saturated heterocycles. The van der Waals surface area contributed by atoms with E-state index >= 15 is 0 Å². The largest absolute Gasteiger partial charge is 0.459 e. The molecule has 0 saturated carbocycles. The number of ether oxygens (including phenoxy) is 2. The molecule has 1 fully saturated rings. The maximum Gasteiger partial charge on any atom is 0.316 e. The Bertz CT molecular complexity index is 1730. The third-order valence-corrected chi connectivity index (χ3v) is 8.69. The lowest BCUT2D eigenvalue weighted by atomic mass is 10.1. The van der Waals surface area contributed by atoms with Crippen molar-refractivity contribution in [1.82, 2.24) is 24.8 Å². The van der Waals surface area contributed by atoms with E-state index in [1.807, 2.05) is 48.0 Å². The number of benzene rings is 3. The van der Waals surface area contributed by atoms with Gasteiger partial charge < -0.3 is 9.47 Å². The Morgan fingerprint density at radius 2 is 1.60 bits per heavy atom. The van der Waals surface area contributed by atoms with Crippen molar-refractivity contribution >= 4 is 43.1 Å². The number of para-hydroxylation sites is 2. The van der Waals surface area contributed by atoms with E-state index in [-0.39, 0.29) is 6.01 Å². The van der Waals surface area contributed by atoms with E-state index in [0.717, 1.165) is 59.2 Å². The highest BCUT2D eigenvalue weighted by Gasteiger charge is 2.20. The molecule has 0 amide bonds. The van der Waals surface area contributed by atoms with Crippen molar-refractivity contribution in [2.24, 2.45) is 0 Å². The smallest absolute Gasteiger partial charge is 0.316 e. The van der Waals surface area contributed by atoms with Crippen molar-refractivity contribution < 1.29 is 9.47 Å². The molecule has 10 heteroatoms. The molecular formula is C32H28N6O2S2.